The molecule has 1 aliphatic rings. The third kappa shape index (κ3) is 5.38. The summed E-state index contributed by atoms with van der Waals surface area (Å²) in [7, 11) is 0. The number of halogens is 2. The van der Waals surface area contributed by atoms with Gasteiger partial charge in [0.25, 0.3) is 11.8 Å². The molecule has 1 saturated heterocycles. The van der Waals surface area contributed by atoms with Crippen molar-refractivity contribution in [2.45, 2.75) is 6.61 Å². The summed E-state index contributed by atoms with van der Waals surface area (Å²) in [5, 5.41) is 11.1. The van der Waals surface area contributed by atoms with E-state index >= 15 is 0 Å². The standard InChI is InChI=1S/C25H16FIN2O6/c26-17-6-8-18(9-7-17)29-23(31)19(22(30)28-25(29)34)11-15-3-10-21(20(27)12-15)35-13-14-1-4-16(5-2-14)24(32)33/h1-12H,13H2,(H,32,33)(H,28,30,34)/b19-11+. The molecule has 2 N–H and O–H groups in total. The van der Waals surface area contributed by atoms with Gasteiger partial charge in [0, 0.05) is 0 Å². The second kappa shape index (κ2) is 10.1. The molecule has 1 fully saturated rings. The number of barbiturate groups is 1. The summed E-state index contributed by atoms with van der Waals surface area (Å²) in [5.74, 6) is -2.65. The number of hydrogen-bond acceptors (Lipinski definition) is 5. The number of carbonyl (C=O) groups excluding carboxylic acids is 3. The first-order valence-corrected chi connectivity index (χ1v) is 11.2. The number of nitrogens with zero attached hydrogens (tertiary/aromatic N) is 1. The molecule has 0 aromatic heterocycles. The molecule has 0 aliphatic carbocycles. The number of ether oxygens (including phenoxy) is 1. The highest BCUT2D eigenvalue weighted by atomic mass is 127. The van der Waals surface area contributed by atoms with Crippen molar-refractivity contribution < 1.29 is 33.4 Å². The first-order valence-electron chi connectivity index (χ1n) is 10.1. The molecule has 0 saturated carbocycles. The minimum atomic E-state index is -1.01. The number of amides is 4. The Bertz CT molecular complexity index is 1370. The van der Waals surface area contributed by atoms with Gasteiger partial charge in [0.2, 0.25) is 0 Å². The summed E-state index contributed by atoms with van der Waals surface area (Å²) < 4.78 is 19.7. The Morgan fingerprint density at radius 3 is 2.34 bits per heavy atom. The third-order valence-corrected chi connectivity index (χ3v) is 5.89. The Morgan fingerprint density at radius 1 is 1.03 bits per heavy atom. The predicted octanol–water partition coefficient (Wildman–Crippen LogP) is 4.37. The topological polar surface area (TPSA) is 113 Å². The molecular weight excluding hydrogens is 570 g/mol. The molecule has 8 nitrogen and oxygen atoms in total. The van der Waals surface area contributed by atoms with Crippen LogP contribution in [0.15, 0.2) is 72.3 Å². The number of carboxylic acid groups (broad SMARTS) is 1. The lowest BCUT2D eigenvalue weighted by Gasteiger charge is -2.26. The van der Waals surface area contributed by atoms with E-state index in [0.717, 1.165) is 22.6 Å². The van der Waals surface area contributed by atoms with Crippen LogP contribution in [-0.4, -0.2) is 28.9 Å². The Kier molecular flexibility index (Phi) is 6.92. The Morgan fingerprint density at radius 2 is 1.71 bits per heavy atom. The zero-order valence-electron chi connectivity index (χ0n) is 17.8. The van der Waals surface area contributed by atoms with Gasteiger partial charge in [-0.05, 0) is 88.3 Å². The van der Waals surface area contributed by atoms with Crippen LogP contribution < -0.4 is 15.0 Å². The van der Waals surface area contributed by atoms with E-state index in [1.807, 2.05) is 22.6 Å². The van der Waals surface area contributed by atoms with Gasteiger partial charge in [0.05, 0.1) is 14.8 Å². The minimum absolute atomic E-state index is 0.127. The molecule has 0 atom stereocenters. The van der Waals surface area contributed by atoms with Crippen molar-refractivity contribution in [1.29, 1.82) is 0 Å². The van der Waals surface area contributed by atoms with Gasteiger partial charge >= 0.3 is 12.0 Å². The molecule has 3 aromatic carbocycles. The molecule has 1 aliphatic heterocycles. The van der Waals surface area contributed by atoms with E-state index in [0.29, 0.717) is 14.9 Å². The lowest BCUT2D eigenvalue weighted by atomic mass is 10.1. The van der Waals surface area contributed by atoms with Gasteiger partial charge in [-0.2, -0.15) is 0 Å². The number of carboxylic acids is 1. The molecule has 1 heterocycles. The number of rotatable bonds is 6. The van der Waals surface area contributed by atoms with Gasteiger partial charge in [0.1, 0.15) is 23.7 Å². The second-order valence-electron chi connectivity index (χ2n) is 7.41. The summed E-state index contributed by atoms with van der Waals surface area (Å²) in [6.45, 7) is 0.214. The summed E-state index contributed by atoms with van der Waals surface area (Å²) in [4.78, 5) is 49.3. The molecule has 4 rings (SSSR count). The lowest BCUT2D eigenvalue weighted by Crippen LogP contribution is -2.54. The van der Waals surface area contributed by atoms with E-state index in [2.05, 4.69) is 5.32 Å². The first kappa shape index (κ1) is 24.1. The molecule has 0 spiro atoms. The number of anilines is 1. The molecule has 0 radical (unpaired) electrons. The van der Waals surface area contributed by atoms with Crippen molar-refractivity contribution in [1.82, 2.24) is 5.32 Å². The molecular formula is C25H16FIN2O6. The SMILES string of the molecule is O=C1NC(=O)N(c2ccc(F)cc2)C(=O)/C1=C/c1ccc(OCc2ccc(C(=O)O)cc2)c(I)c1. The maximum atomic E-state index is 13.2. The van der Waals surface area contributed by atoms with Crippen molar-refractivity contribution in [3.8, 4) is 5.75 Å². The Labute approximate surface area is 212 Å². The van der Waals surface area contributed by atoms with Crippen LogP contribution in [0.5, 0.6) is 5.75 Å². The summed E-state index contributed by atoms with van der Waals surface area (Å²) in [6.07, 6.45) is 1.36. The predicted molar refractivity (Wildman–Crippen MR) is 132 cm³/mol. The minimum Gasteiger partial charge on any atom is -0.488 e. The van der Waals surface area contributed by atoms with Crippen LogP contribution in [-0.2, 0) is 16.2 Å². The van der Waals surface area contributed by atoms with E-state index < -0.39 is 29.6 Å². The zero-order valence-corrected chi connectivity index (χ0v) is 20.0. The van der Waals surface area contributed by atoms with Gasteiger partial charge in [-0.3, -0.25) is 14.9 Å². The average molecular weight is 586 g/mol. The highest BCUT2D eigenvalue weighted by molar-refractivity contribution is 14.1. The molecule has 10 heteroatoms. The molecule has 176 valence electrons. The van der Waals surface area contributed by atoms with Crippen molar-refractivity contribution in [2.24, 2.45) is 0 Å². The summed E-state index contributed by atoms with van der Waals surface area (Å²) in [6, 6.07) is 15.2. The van der Waals surface area contributed by atoms with Crippen molar-refractivity contribution >= 4 is 58.2 Å². The Hall–Kier alpha value is -4.06. The van der Waals surface area contributed by atoms with Crippen LogP contribution in [0.4, 0.5) is 14.9 Å². The van der Waals surface area contributed by atoms with Crippen molar-refractivity contribution in [3.63, 3.8) is 0 Å². The summed E-state index contributed by atoms with van der Waals surface area (Å²) >= 11 is 2.05. The normalized spacial score (nSPS) is 14.7. The fourth-order valence-corrected chi connectivity index (χ4v) is 3.97. The second-order valence-corrected chi connectivity index (χ2v) is 8.58. The Balaban J connectivity index is 1.52. The number of hydrogen-bond donors (Lipinski definition) is 2. The maximum Gasteiger partial charge on any atom is 0.335 e. The molecule has 0 bridgehead atoms. The van der Waals surface area contributed by atoms with Gasteiger partial charge in [-0.15, -0.1) is 0 Å². The fraction of sp³-hybridized carbons (Fsp3) is 0.0400. The summed E-state index contributed by atoms with van der Waals surface area (Å²) in [5.41, 5.74) is 1.37. The third-order valence-electron chi connectivity index (χ3n) is 5.05. The van der Waals surface area contributed by atoms with Crippen molar-refractivity contribution in [2.75, 3.05) is 4.90 Å². The van der Waals surface area contributed by atoms with Crippen LogP contribution >= 0.6 is 22.6 Å². The van der Waals surface area contributed by atoms with Gasteiger partial charge < -0.3 is 9.84 Å². The molecule has 3 aromatic rings. The highest BCUT2D eigenvalue weighted by Crippen LogP contribution is 2.26. The van der Waals surface area contributed by atoms with Crippen LogP contribution in [0.25, 0.3) is 6.08 Å². The van der Waals surface area contributed by atoms with E-state index in [1.54, 1.807) is 30.3 Å². The zero-order chi connectivity index (χ0) is 25.1. The average Bonchev–Trinajstić information content (AvgIpc) is 2.82. The van der Waals surface area contributed by atoms with Crippen LogP contribution in [0.1, 0.15) is 21.5 Å². The fourth-order valence-electron chi connectivity index (χ4n) is 3.28. The van der Waals surface area contributed by atoms with E-state index in [1.165, 1.54) is 30.3 Å². The smallest absolute Gasteiger partial charge is 0.335 e. The quantitative estimate of drug-likeness (QED) is 0.252. The lowest BCUT2D eigenvalue weighted by molar-refractivity contribution is -0.122. The van der Waals surface area contributed by atoms with Gasteiger partial charge in [-0.1, -0.05) is 18.2 Å². The van der Waals surface area contributed by atoms with Crippen LogP contribution in [0, 0.1) is 9.39 Å². The van der Waals surface area contributed by atoms with Crippen LogP contribution in [0.2, 0.25) is 0 Å². The maximum absolute atomic E-state index is 13.2. The van der Waals surface area contributed by atoms with Crippen molar-refractivity contribution in [3.05, 3.63) is 98.4 Å². The number of carbonyl (C=O) groups is 4. The van der Waals surface area contributed by atoms with E-state index in [-0.39, 0.29) is 23.4 Å². The molecule has 0 unspecified atom stereocenters. The van der Waals surface area contributed by atoms with Crippen LogP contribution in [0.3, 0.4) is 0 Å². The monoisotopic (exact) mass is 586 g/mol. The highest BCUT2D eigenvalue weighted by Gasteiger charge is 2.36. The largest absolute Gasteiger partial charge is 0.488 e. The van der Waals surface area contributed by atoms with E-state index in [9.17, 15) is 23.6 Å². The number of urea groups is 1. The molecule has 4 amide bonds. The van der Waals surface area contributed by atoms with E-state index in [4.69, 9.17) is 9.84 Å². The number of imide groups is 2. The number of nitrogens with one attached hydrogen (secondary N) is 1. The number of aromatic carboxylic acids is 1. The molecule has 35 heavy (non-hydrogen) atoms. The van der Waals surface area contributed by atoms with Gasteiger partial charge in [0.15, 0.2) is 0 Å². The number of benzene rings is 3. The van der Waals surface area contributed by atoms with Gasteiger partial charge in [-0.25, -0.2) is 18.9 Å². The first-order chi connectivity index (χ1) is 16.7.